The molecule has 0 radical (unpaired) electrons. The highest BCUT2D eigenvalue weighted by molar-refractivity contribution is 14.1. The number of alkyl halides is 1. The molecule has 1 nitrogen and oxygen atoms in total. The average molecular weight is 253 g/mol. The maximum Gasteiger partial charge on any atom is 0.0589 e. The predicted molar refractivity (Wildman–Crippen MR) is 53.5 cm³/mol. The molecule has 0 aromatic heterocycles. The van der Waals surface area contributed by atoms with Gasteiger partial charge < -0.3 is 0 Å². The standard InChI is InChI=1S/C8H16IN/c1-8(9)10-6-4-2-3-5-7-10/h8H,2-7H2,1H3. The number of rotatable bonds is 1. The molecule has 0 bridgehead atoms. The fraction of sp³-hybridized carbons (Fsp3) is 1.00. The second kappa shape index (κ2) is 4.54. The molecule has 0 amide bonds. The van der Waals surface area contributed by atoms with Crippen LogP contribution in [0.5, 0.6) is 0 Å². The van der Waals surface area contributed by atoms with Gasteiger partial charge in [0.25, 0.3) is 0 Å². The summed E-state index contributed by atoms with van der Waals surface area (Å²) in [5.41, 5.74) is 0. The molecule has 1 aliphatic heterocycles. The van der Waals surface area contributed by atoms with Crippen molar-refractivity contribution >= 4 is 22.6 Å². The van der Waals surface area contributed by atoms with Gasteiger partial charge in [0, 0.05) is 0 Å². The van der Waals surface area contributed by atoms with Crippen LogP contribution in [-0.4, -0.2) is 22.0 Å². The van der Waals surface area contributed by atoms with E-state index in [1.54, 1.807) is 0 Å². The van der Waals surface area contributed by atoms with Gasteiger partial charge in [0.1, 0.15) is 0 Å². The van der Waals surface area contributed by atoms with Gasteiger partial charge in [0.15, 0.2) is 0 Å². The fourth-order valence-electron chi connectivity index (χ4n) is 1.45. The second-order valence-corrected chi connectivity index (χ2v) is 4.83. The smallest absolute Gasteiger partial charge is 0.0589 e. The van der Waals surface area contributed by atoms with E-state index in [1.165, 1.54) is 38.8 Å². The lowest BCUT2D eigenvalue weighted by atomic mass is 10.2. The van der Waals surface area contributed by atoms with Gasteiger partial charge in [-0.2, -0.15) is 0 Å². The van der Waals surface area contributed by atoms with Crippen molar-refractivity contribution in [1.82, 2.24) is 4.90 Å². The van der Waals surface area contributed by atoms with Gasteiger partial charge in [-0.15, -0.1) is 0 Å². The Balaban J connectivity index is 2.28. The molecule has 1 aliphatic rings. The quantitative estimate of drug-likeness (QED) is 0.394. The zero-order valence-corrected chi connectivity index (χ0v) is 8.80. The zero-order chi connectivity index (χ0) is 7.40. The van der Waals surface area contributed by atoms with Gasteiger partial charge in [-0.25, -0.2) is 0 Å². The van der Waals surface area contributed by atoms with Crippen LogP contribution in [0.25, 0.3) is 0 Å². The third-order valence-corrected chi connectivity index (χ3v) is 2.93. The van der Waals surface area contributed by atoms with Crippen molar-refractivity contribution in [2.75, 3.05) is 13.1 Å². The van der Waals surface area contributed by atoms with Gasteiger partial charge in [-0.3, -0.25) is 4.90 Å². The predicted octanol–water partition coefficient (Wildman–Crippen LogP) is 2.64. The minimum atomic E-state index is 0.732. The van der Waals surface area contributed by atoms with E-state index in [2.05, 4.69) is 34.4 Å². The lowest BCUT2D eigenvalue weighted by Crippen LogP contribution is -2.29. The van der Waals surface area contributed by atoms with Crippen LogP contribution in [0.15, 0.2) is 0 Å². The molecule has 0 N–H and O–H groups in total. The topological polar surface area (TPSA) is 3.24 Å². The van der Waals surface area contributed by atoms with Crippen molar-refractivity contribution in [2.45, 2.75) is 36.7 Å². The Bertz CT molecular complexity index is 85.3. The third-order valence-electron chi connectivity index (χ3n) is 2.14. The maximum atomic E-state index is 2.58. The summed E-state index contributed by atoms with van der Waals surface area (Å²) in [5, 5.41) is 0. The van der Waals surface area contributed by atoms with Crippen molar-refractivity contribution in [2.24, 2.45) is 0 Å². The van der Waals surface area contributed by atoms with Crippen LogP contribution in [0, 0.1) is 0 Å². The van der Waals surface area contributed by atoms with Gasteiger partial charge >= 0.3 is 0 Å². The molecular weight excluding hydrogens is 237 g/mol. The molecule has 0 spiro atoms. The lowest BCUT2D eigenvalue weighted by Gasteiger charge is -2.22. The number of likely N-dealkylation sites (tertiary alicyclic amines) is 1. The van der Waals surface area contributed by atoms with Crippen LogP contribution >= 0.6 is 22.6 Å². The molecule has 1 unspecified atom stereocenters. The molecule has 0 saturated carbocycles. The third kappa shape index (κ3) is 2.74. The second-order valence-electron chi connectivity index (χ2n) is 3.02. The Morgan fingerprint density at radius 1 is 1.10 bits per heavy atom. The van der Waals surface area contributed by atoms with E-state index in [0.717, 1.165) is 4.05 Å². The van der Waals surface area contributed by atoms with Gasteiger partial charge in [0.2, 0.25) is 0 Å². The first-order valence-corrected chi connectivity index (χ1v) is 5.43. The zero-order valence-electron chi connectivity index (χ0n) is 6.65. The normalized spacial score (nSPS) is 25.8. The highest BCUT2D eigenvalue weighted by Crippen LogP contribution is 2.15. The monoisotopic (exact) mass is 253 g/mol. The van der Waals surface area contributed by atoms with E-state index < -0.39 is 0 Å². The molecule has 0 aliphatic carbocycles. The minimum absolute atomic E-state index is 0.732. The molecule has 60 valence electrons. The van der Waals surface area contributed by atoms with E-state index in [1.807, 2.05) is 0 Å². The van der Waals surface area contributed by atoms with Crippen LogP contribution in [0.2, 0.25) is 0 Å². The molecule has 0 aromatic carbocycles. The SMILES string of the molecule is CC(I)N1CCCCCC1. The summed E-state index contributed by atoms with van der Waals surface area (Å²) in [4.78, 5) is 2.58. The first-order valence-electron chi connectivity index (χ1n) is 4.19. The summed E-state index contributed by atoms with van der Waals surface area (Å²) in [7, 11) is 0. The summed E-state index contributed by atoms with van der Waals surface area (Å²) in [6, 6.07) is 0. The van der Waals surface area contributed by atoms with Crippen molar-refractivity contribution in [3.05, 3.63) is 0 Å². The Hall–Kier alpha value is 0.690. The van der Waals surface area contributed by atoms with E-state index in [0.29, 0.717) is 0 Å². The molecule has 2 heteroatoms. The van der Waals surface area contributed by atoms with Crippen LogP contribution in [0.4, 0.5) is 0 Å². The van der Waals surface area contributed by atoms with E-state index in [4.69, 9.17) is 0 Å². The fourth-order valence-corrected chi connectivity index (χ4v) is 2.01. The van der Waals surface area contributed by atoms with Crippen molar-refractivity contribution in [3.8, 4) is 0 Å². The Kier molecular flexibility index (Phi) is 3.99. The molecule has 1 rings (SSSR count). The molecule has 10 heavy (non-hydrogen) atoms. The summed E-state index contributed by atoms with van der Waals surface area (Å²) in [6.45, 7) is 4.93. The van der Waals surface area contributed by atoms with Crippen LogP contribution in [0.1, 0.15) is 32.6 Å². The lowest BCUT2D eigenvalue weighted by molar-refractivity contribution is 0.288. The number of hydrogen-bond donors (Lipinski definition) is 0. The van der Waals surface area contributed by atoms with Crippen LogP contribution < -0.4 is 0 Å². The Labute approximate surface area is 77.3 Å². The van der Waals surface area contributed by atoms with Crippen molar-refractivity contribution < 1.29 is 0 Å². The summed E-state index contributed by atoms with van der Waals surface area (Å²) in [6.07, 6.45) is 5.71. The first kappa shape index (κ1) is 8.78. The van der Waals surface area contributed by atoms with Gasteiger partial charge in [-0.1, -0.05) is 35.4 Å². The summed E-state index contributed by atoms with van der Waals surface area (Å²) < 4.78 is 0.732. The Morgan fingerprint density at radius 2 is 1.60 bits per heavy atom. The first-order chi connectivity index (χ1) is 4.80. The summed E-state index contributed by atoms with van der Waals surface area (Å²) >= 11 is 2.50. The average Bonchev–Trinajstić information content (AvgIpc) is 2.12. The molecule has 1 fully saturated rings. The van der Waals surface area contributed by atoms with Gasteiger partial charge in [-0.05, 0) is 32.9 Å². The molecule has 1 saturated heterocycles. The van der Waals surface area contributed by atoms with Crippen molar-refractivity contribution in [3.63, 3.8) is 0 Å². The molecule has 0 aromatic rings. The molecule has 1 heterocycles. The number of halogens is 1. The Morgan fingerprint density at radius 3 is 2.00 bits per heavy atom. The van der Waals surface area contributed by atoms with E-state index in [9.17, 15) is 0 Å². The highest BCUT2D eigenvalue weighted by atomic mass is 127. The number of hydrogen-bond acceptors (Lipinski definition) is 1. The summed E-state index contributed by atoms with van der Waals surface area (Å²) in [5.74, 6) is 0. The highest BCUT2D eigenvalue weighted by Gasteiger charge is 2.11. The molecule has 1 atom stereocenters. The number of nitrogens with zero attached hydrogens (tertiary/aromatic N) is 1. The maximum absolute atomic E-state index is 2.58. The van der Waals surface area contributed by atoms with E-state index in [-0.39, 0.29) is 0 Å². The van der Waals surface area contributed by atoms with Gasteiger partial charge in [0.05, 0.1) is 4.05 Å². The van der Waals surface area contributed by atoms with Crippen LogP contribution in [-0.2, 0) is 0 Å². The van der Waals surface area contributed by atoms with E-state index >= 15 is 0 Å². The largest absolute Gasteiger partial charge is 0.292 e. The van der Waals surface area contributed by atoms with Crippen molar-refractivity contribution in [1.29, 1.82) is 0 Å². The van der Waals surface area contributed by atoms with Crippen LogP contribution in [0.3, 0.4) is 0 Å². The minimum Gasteiger partial charge on any atom is -0.292 e. The molecular formula is C8H16IN.